The lowest BCUT2D eigenvalue weighted by molar-refractivity contribution is -0.122. The Bertz CT molecular complexity index is 1970. The van der Waals surface area contributed by atoms with Gasteiger partial charge < -0.3 is 20.1 Å². The van der Waals surface area contributed by atoms with E-state index in [0.29, 0.717) is 30.7 Å². The van der Waals surface area contributed by atoms with Crippen molar-refractivity contribution in [3.63, 3.8) is 0 Å². The minimum Gasteiger partial charge on any atom is -0.507 e. The molecular weight excluding hydrogens is 637 g/mol. The first kappa shape index (κ1) is 34.5. The lowest BCUT2D eigenvalue weighted by Gasteiger charge is -2.44. The summed E-state index contributed by atoms with van der Waals surface area (Å²) in [7, 11) is -1.05. The number of hydrogen-bond donors (Lipinski definition) is 3. The van der Waals surface area contributed by atoms with Gasteiger partial charge in [-0.1, -0.05) is 43.7 Å². The molecule has 0 unspecified atom stereocenters. The molecule has 51 heavy (non-hydrogen) atoms. The fraction of sp³-hybridized carbons (Fsp3) is 0.310. The van der Waals surface area contributed by atoms with Crippen molar-refractivity contribution < 1.29 is 24.4 Å². The van der Waals surface area contributed by atoms with Gasteiger partial charge in [0, 0.05) is 17.6 Å². The minimum absolute atomic E-state index is 0.138. The molecule has 2 amide bonds. The summed E-state index contributed by atoms with van der Waals surface area (Å²) in [6.45, 7) is 8.05. The average Bonchev–Trinajstić information content (AvgIpc) is 3.38. The Hall–Kier alpha value is -4.99. The summed E-state index contributed by atoms with van der Waals surface area (Å²) in [5, 5.41) is 24.9. The Balaban J connectivity index is 1.17. The van der Waals surface area contributed by atoms with E-state index in [-0.39, 0.29) is 30.0 Å². The number of fused-ring (bicyclic) bond motifs is 3. The number of pyridine rings is 1. The molecule has 1 aliphatic carbocycles. The van der Waals surface area contributed by atoms with Crippen molar-refractivity contribution in [2.45, 2.75) is 59.4 Å². The number of aromatic nitrogens is 1. The number of imide groups is 1. The number of aryl methyl sites for hydroxylation is 2. The Morgan fingerprint density at radius 1 is 0.961 bits per heavy atom. The van der Waals surface area contributed by atoms with Gasteiger partial charge in [0.15, 0.2) is 0 Å². The first-order valence-electron chi connectivity index (χ1n) is 17.9. The van der Waals surface area contributed by atoms with Gasteiger partial charge in [0.05, 0.1) is 29.3 Å². The zero-order chi connectivity index (χ0) is 35.8. The molecule has 0 radical (unpaired) electrons. The standard InChI is InChI=1S/C42H44BN3O5/c1-25(2)33-23-34-39(42(49)46(41(34)48)32-16-14-31(15-17-32)45-30-10-6-5-7-11-30)35-24-43(50)51-37(38(33)35)18-13-29(36-12-8-9-19-44-36)22-28-20-26(3)40(47)27(4)21-28/h5-12,14-17,19-22,25,34-35,37,39,45,47,50H,13,18,23-24H2,1-4H3/b29-22-/t34-,35+,37-,39-/m1/s1. The van der Waals surface area contributed by atoms with Gasteiger partial charge in [0.2, 0.25) is 11.8 Å². The predicted octanol–water partition coefficient (Wildman–Crippen LogP) is 8.13. The SMILES string of the molecule is Cc1cc(/C=C(/CC[C@H]2OB(O)C[C@H]3C2=C(C(C)C)C[C@H]2C(=O)N(c4ccc(Nc5ccccc5)cc4)C(=O)[C@H]23)c2ccccn2)cc(C)c1O. The lowest BCUT2D eigenvalue weighted by Crippen LogP contribution is -2.46. The second-order valence-electron chi connectivity index (χ2n) is 14.4. The number of carbonyl (C=O) groups excluding carboxylic acids is 2. The van der Waals surface area contributed by atoms with Crippen LogP contribution in [0.1, 0.15) is 55.5 Å². The number of para-hydroxylation sites is 1. The molecule has 0 bridgehead atoms. The smallest absolute Gasteiger partial charge is 0.455 e. The van der Waals surface area contributed by atoms with Crippen molar-refractivity contribution in [1.29, 1.82) is 0 Å². The van der Waals surface area contributed by atoms with Gasteiger partial charge in [-0.25, -0.2) is 0 Å². The van der Waals surface area contributed by atoms with Gasteiger partial charge >= 0.3 is 7.12 Å². The normalized spacial score (nSPS) is 22.0. The third-order valence-corrected chi connectivity index (χ3v) is 10.7. The molecule has 0 spiro atoms. The third kappa shape index (κ3) is 6.88. The van der Waals surface area contributed by atoms with Crippen molar-refractivity contribution in [2.24, 2.45) is 23.7 Å². The summed E-state index contributed by atoms with van der Waals surface area (Å²) in [5.74, 6) is -1.31. The highest BCUT2D eigenvalue weighted by molar-refractivity contribution is 6.43. The number of amides is 2. The van der Waals surface area contributed by atoms with E-state index in [0.717, 1.165) is 50.5 Å². The maximum Gasteiger partial charge on any atom is 0.455 e. The molecule has 0 saturated carbocycles. The van der Waals surface area contributed by atoms with Crippen molar-refractivity contribution in [3.05, 3.63) is 125 Å². The number of allylic oxidation sites excluding steroid dienone is 2. The number of anilines is 3. The van der Waals surface area contributed by atoms with Crippen LogP contribution >= 0.6 is 0 Å². The molecule has 9 heteroatoms. The molecule has 3 aromatic carbocycles. The highest BCUT2D eigenvalue weighted by atomic mass is 16.5. The van der Waals surface area contributed by atoms with Crippen molar-refractivity contribution in [3.8, 4) is 5.75 Å². The number of benzene rings is 3. The van der Waals surface area contributed by atoms with E-state index in [9.17, 15) is 19.7 Å². The summed E-state index contributed by atoms with van der Waals surface area (Å²) >= 11 is 0. The monoisotopic (exact) mass is 681 g/mol. The van der Waals surface area contributed by atoms with Crippen molar-refractivity contribution >= 4 is 47.6 Å². The quantitative estimate of drug-likeness (QED) is 0.0930. The van der Waals surface area contributed by atoms with Gasteiger partial charge in [-0.3, -0.25) is 19.5 Å². The van der Waals surface area contributed by atoms with Crippen LogP contribution < -0.4 is 10.2 Å². The third-order valence-electron chi connectivity index (χ3n) is 10.7. The van der Waals surface area contributed by atoms with Crippen molar-refractivity contribution in [2.75, 3.05) is 10.2 Å². The van der Waals surface area contributed by atoms with E-state index in [4.69, 9.17) is 4.65 Å². The number of hydrogen-bond acceptors (Lipinski definition) is 7. The summed E-state index contributed by atoms with van der Waals surface area (Å²) in [6.07, 6.45) is 5.38. The van der Waals surface area contributed by atoms with Gasteiger partial charge in [-0.05, 0) is 146 Å². The zero-order valence-corrected chi connectivity index (χ0v) is 29.5. The van der Waals surface area contributed by atoms with Crippen LogP contribution in [0, 0.1) is 37.5 Å². The average molecular weight is 682 g/mol. The van der Waals surface area contributed by atoms with Gasteiger partial charge in [-0.2, -0.15) is 0 Å². The highest BCUT2D eigenvalue weighted by Gasteiger charge is 2.57. The number of aromatic hydroxyl groups is 1. The molecule has 260 valence electrons. The number of phenolic OH excluding ortho intramolecular Hbond substituents is 1. The molecule has 3 N–H and O–H groups in total. The van der Waals surface area contributed by atoms with Gasteiger partial charge in [0.1, 0.15) is 5.75 Å². The molecule has 8 nitrogen and oxygen atoms in total. The lowest BCUT2D eigenvalue weighted by atomic mass is 9.57. The zero-order valence-electron chi connectivity index (χ0n) is 29.5. The predicted molar refractivity (Wildman–Crippen MR) is 202 cm³/mol. The molecule has 1 aromatic heterocycles. The van der Waals surface area contributed by atoms with Crippen LogP contribution in [0.3, 0.4) is 0 Å². The molecular formula is C42H44BN3O5. The number of carbonyl (C=O) groups is 2. The Morgan fingerprint density at radius 2 is 1.65 bits per heavy atom. The highest BCUT2D eigenvalue weighted by Crippen LogP contribution is 2.52. The summed E-state index contributed by atoms with van der Waals surface area (Å²) < 4.78 is 6.31. The molecule has 2 fully saturated rings. The second-order valence-corrected chi connectivity index (χ2v) is 14.4. The van der Waals surface area contributed by atoms with E-state index in [2.05, 4.69) is 30.2 Å². The molecule has 4 atom stereocenters. The van der Waals surface area contributed by atoms with Crippen LogP contribution in [0.5, 0.6) is 5.75 Å². The number of rotatable bonds is 9. The Morgan fingerprint density at radius 3 is 2.31 bits per heavy atom. The minimum atomic E-state index is -1.05. The van der Waals surface area contributed by atoms with Crippen LogP contribution in [-0.4, -0.2) is 40.2 Å². The fourth-order valence-electron chi connectivity index (χ4n) is 8.27. The molecule has 2 aliphatic heterocycles. The number of phenols is 1. The van der Waals surface area contributed by atoms with Crippen LogP contribution in [0.4, 0.5) is 17.1 Å². The summed E-state index contributed by atoms with van der Waals surface area (Å²) in [5.41, 5.74) is 9.00. The maximum atomic E-state index is 14.3. The van der Waals surface area contributed by atoms with Crippen LogP contribution in [0.2, 0.25) is 6.32 Å². The molecule has 3 aliphatic rings. The van der Waals surface area contributed by atoms with E-state index in [1.54, 1.807) is 6.20 Å². The van der Waals surface area contributed by atoms with Crippen LogP contribution in [-0.2, 0) is 14.2 Å². The molecule has 4 aromatic rings. The first-order chi connectivity index (χ1) is 24.6. The number of nitrogens with zero attached hydrogens (tertiary/aromatic N) is 2. The van der Waals surface area contributed by atoms with Crippen LogP contribution in [0.25, 0.3) is 11.6 Å². The van der Waals surface area contributed by atoms with E-state index >= 15 is 0 Å². The fourth-order valence-corrected chi connectivity index (χ4v) is 8.27. The Kier molecular flexibility index (Phi) is 9.68. The van der Waals surface area contributed by atoms with E-state index in [1.807, 2.05) is 98.8 Å². The topological polar surface area (TPSA) is 112 Å². The molecule has 7 rings (SSSR count). The molecule has 3 heterocycles. The van der Waals surface area contributed by atoms with Crippen LogP contribution in [0.15, 0.2) is 102 Å². The van der Waals surface area contributed by atoms with E-state index < -0.39 is 25.1 Å². The Labute approximate surface area is 300 Å². The maximum absolute atomic E-state index is 14.3. The van der Waals surface area contributed by atoms with Gasteiger partial charge in [0.25, 0.3) is 0 Å². The number of nitrogens with one attached hydrogen (secondary N) is 1. The van der Waals surface area contributed by atoms with E-state index in [1.165, 1.54) is 4.90 Å². The van der Waals surface area contributed by atoms with Gasteiger partial charge in [-0.15, -0.1) is 0 Å². The summed E-state index contributed by atoms with van der Waals surface area (Å²) in [4.78, 5) is 34.4. The van der Waals surface area contributed by atoms with Crippen molar-refractivity contribution in [1.82, 2.24) is 4.98 Å². The summed E-state index contributed by atoms with van der Waals surface area (Å²) in [6, 6.07) is 27.0. The second kappa shape index (κ2) is 14.3. The first-order valence-corrected chi connectivity index (χ1v) is 17.9. The largest absolute Gasteiger partial charge is 0.507 e. The molecule has 2 saturated heterocycles.